The normalized spacial score (nSPS) is 14.1. The predicted molar refractivity (Wildman–Crippen MR) is 140 cm³/mol. The molecule has 6 nitrogen and oxygen atoms in total. The van der Waals surface area contributed by atoms with Gasteiger partial charge in [-0.15, -0.1) is 24.0 Å². The van der Waals surface area contributed by atoms with Crippen LogP contribution in [0.15, 0.2) is 41.4 Å². The van der Waals surface area contributed by atoms with Crippen LogP contribution in [0.4, 0.5) is 0 Å². The molecule has 0 saturated carbocycles. The molecule has 0 aromatic heterocycles. The second-order valence-electron chi connectivity index (χ2n) is 7.85. The molecule has 1 aliphatic rings. The molecule has 0 saturated heterocycles. The van der Waals surface area contributed by atoms with E-state index in [0.29, 0.717) is 18.0 Å². The zero-order chi connectivity index (χ0) is 22.1. The van der Waals surface area contributed by atoms with Gasteiger partial charge in [-0.2, -0.15) is 0 Å². The summed E-state index contributed by atoms with van der Waals surface area (Å²) in [5.41, 5.74) is 5.31. The first kappa shape index (κ1) is 26.3. The van der Waals surface area contributed by atoms with Gasteiger partial charge >= 0.3 is 0 Å². The molecule has 1 aliphatic carbocycles. The number of hydrogen-bond acceptors (Lipinski definition) is 4. The number of ether oxygens (including phenoxy) is 2. The highest BCUT2D eigenvalue weighted by Gasteiger charge is 2.13. The highest BCUT2D eigenvalue weighted by atomic mass is 127. The number of hydrogen-bond donors (Lipinski definition) is 3. The SMILES string of the molecule is CCNC(=NCc1ccc(OCCO)c(OC)c1)NC(C)c1ccc2c(c1)CCCC2.I. The number of nitrogens with zero attached hydrogens (tertiary/aromatic N) is 1. The number of methoxy groups -OCH3 is 1. The van der Waals surface area contributed by atoms with Crippen LogP contribution in [-0.4, -0.2) is 37.9 Å². The maximum Gasteiger partial charge on any atom is 0.192 e. The molecule has 1 unspecified atom stereocenters. The molecule has 2 aromatic carbocycles. The maximum absolute atomic E-state index is 8.96. The number of aliphatic hydroxyl groups is 1. The molecule has 0 aliphatic heterocycles. The third-order valence-electron chi connectivity index (χ3n) is 5.57. The number of halogens is 1. The first-order chi connectivity index (χ1) is 15.1. The minimum Gasteiger partial charge on any atom is -0.493 e. The average molecular weight is 553 g/mol. The number of benzene rings is 2. The van der Waals surface area contributed by atoms with Crippen molar-refractivity contribution in [1.82, 2.24) is 10.6 Å². The summed E-state index contributed by atoms with van der Waals surface area (Å²) >= 11 is 0. The summed E-state index contributed by atoms with van der Waals surface area (Å²) in [6.45, 7) is 5.76. The molecule has 1 atom stereocenters. The molecule has 0 heterocycles. The Kier molecular flexibility index (Phi) is 11.1. The van der Waals surface area contributed by atoms with Gasteiger partial charge in [0.25, 0.3) is 0 Å². The average Bonchev–Trinajstić information content (AvgIpc) is 2.81. The molecule has 2 aromatic rings. The zero-order valence-electron chi connectivity index (χ0n) is 19.3. The van der Waals surface area contributed by atoms with Gasteiger partial charge in [-0.1, -0.05) is 24.3 Å². The van der Waals surface area contributed by atoms with Gasteiger partial charge in [-0.3, -0.25) is 0 Å². The van der Waals surface area contributed by atoms with Gasteiger partial charge in [0, 0.05) is 6.54 Å². The van der Waals surface area contributed by atoms with Gasteiger partial charge in [0.05, 0.1) is 26.3 Å². The number of rotatable bonds is 9. The van der Waals surface area contributed by atoms with Gasteiger partial charge in [0.1, 0.15) is 6.61 Å². The van der Waals surface area contributed by atoms with Crippen LogP contribution >= 0.6 is 24.0 Å². The molecule has 3 rings (SSSR count). The van der Waals surface area contributed by atoms with Crippen molar-refractivity contribution in [3.63, 3.8) is 0 Å². The number of aryl methyl sites for hydroxylation is 2. The number of aliphatic imine (C=N–C) groups is 1. The number of aliphatic hydroxyl groups excluding tert-OH is 1. The third-order valence-corrected chi connectivity index (χ3v) is 5.57. The van der Waals surface area contributed by atoms with Gasteiger partial charge in [-0.25, -0.2) is 4.99 Å². The van der Waals surface area contributed by atoms with Crippen LogP contribution in [0, 0.1) is 0 Å². The van der Waals surface area contributed by atoms with Crippen molar-refractivity contribution in [2.45, 2.75) is 52.1 Å². The van der Waals surface area contributed by atoms with Gasteiger partial charge in [-0.05, 0) is 73.9 Å². The topological polar surface area (TPSA) is 75.1 Å². The van der Waals surface area contributed by atoms with Crippen LogP contribution in [0.2, 0.25) is 0 Å². The lowest BCUT2D eigenvalue weighted by Gasteiger charge is -2.21. The largest absolute Gasteiger partial charge is 0.493 e. The summed E-state index contributed by atoms with van der Waals surface area (Å²) in [6, 6.07) is 12.8. The summed E-state index contributed by atoms with van der Waals surface area (Å²) in [7, 11) is 1.61. The van der Waals surface area contributed by atoms with Gasteiger partial charge < -0.3 is 25.2 Å². The standard InChI is InChI=1S/C25H35N3O3.HI/c1-4-26-25(27-17-19-9-12-23(31-14-13-29)24(15-19)30-3)28-18(2)21-11-10-20-7-5-6-8-22(20)16-21;/h9-12,15-16,18,29H,4-8,13-14,17H2,1-3H3,(H2,26,27,28);1H. The molecular weight excluding hydrogens is 517 g/mol. The highest BCUT2D eigenvalue weighted by molar-refractivity contribution is 14.0. The highest BCUT2D eigenvalue weighted by Crippen LogP contribution is 2.28. The van der Waals surface area contributed by atoms with E-state index in [4.69, 9.17) is 19.6 Å². The number of guanidine groups is 1. The minimum atomic E-state index is -0.0324. The van der Waals surface area contributed by atoms with Gasteiger partial charge in [0.15, 0.2) is 17.5 Å². The molecule has 3 N–H and O–H groups in total. The summed E-state index contributed by atoms with van der Waals surface area (Å²) in [6.07, 6.45) is 4.98. The van der Waals surface area contributed by atoms with Crippen molar-refractivity contribution in [2.75, 3.05) is 26.9 Å². The first-order valence-corrected chi connectivity index (χ1v) is 11.2. The first-order valence-electron chi connectivity index (χ1n) is 11.2. The molecule has 0 bridgehead atoms. The van der Waals surface area contributed by atoms with Gasteiger partial charge in [0.2, 0.25) is 0 Å². The van der Waals surface area contributed by atoms with Crippen LogP contribution in [-0.2, 0) is 19.4 Å². The molecule has 0 radical (unpaired) electrons. The molecule has 0 spiro atoms. The van der Waals surface area contributed by atoms with E-state index in [2.05, 4.69) is 42.7 Å². The van der Waals surface area contributed by atoms with Crippen molar-refractivity contribution in [3.05, 3.63) is 58.7 Å². The van der Waals surface area contributed by atoms with E-state index in [1.807, 2.05) is 18.2 Å². The summed E-state index contributed by atoms with van der Waals surface area (Å²) < 4.78 is 10.9. The lowest BCUT2D eigenvalue weighted by Crippen LogP contribution is -2.38. The fraction of sp³-hybridized carbons (Fsp3) is 0.480. The van der Waals surface area contributed by atoms with Crippen molar-refractivity contribution in [3.8, 4) is 11.5 Å². The quantitative estimate of drug-likeness (QED) is 0.244. The van der Waals surface area contributed by atoms with Crippen LogP contribution in [0.5, 0.6) is 11.5 Å². The van der Waals surface area contributed by atoms with Crippen LogP contribution in [0.25, 0.3) is 0 Å². The predicted octanol–water partition coefficient (Wildman–Crippen LogP) is 4.38. The Balaban J connectivity index is 0.00000363. The lowest BCUT2D eigenvalue weighted by molar-refractivity contribution is 0.196. The monoisotopic (exact) mass is 553 g/mol. The third kappa shape index (κ3) is 7.27. The van der Waals surface area contributed by atoms with Crippen LogP contribution < -0.4 is 20.1 Å². The second kappa shape index (κ2) is 13.5. The van der Waals surface area contributed by atoms with E-state index in [1.54, 1.807) is 7.11 Å². The maximum atomic E-state index is 8.96. The Labute approximate surface area is 208 Å². The zero-order valence-corrected chi connectivity index (χ0v) is 21.6. The van der Waals surface area contributed by atoms with Crippen LogP contribution in [0.3, 0.4) is 0 Å². The van der Waals surface area contributed by atoms with E-state index in [0.717, 1.165) is 18.1 Å². The molecule has 0 fully saturated rings. The van der Waals surface area contributed by atoms with E-state index >= 15 is 0 Å². The second-order valence-corrected chi connectivity index (χ2v) is 7.85. The van der Waals surface area contributed by atoms with Crippen LogP contribution in [0.1, 0.15) is 55.0 Å². The van der Waals surface area contributed by atoms with Crippen molar-refractivity contribution in [1.29, 1.82) is 0 Å². The van der Waals surface area contributed by atoms with Crippen molar-refractivity contribution < 1.29 is 14.6 Å². The number of fused-ring (bicyclic) bond motifs is 1. The Morgan fingerprint density at radius 3 is 2.59 bits per heavy atom. The molecule has 7 heteroatoms. The fourth-order valence-corrected chi connectivity index (χ4v) is 3.89. The molecule has 176 valence electrons. The molecule has 32 heavy (non-hydrogen) atoms. The molecular formula is C25H36IN3O3. The smallest absolute Gasteiger partial charge is 0.192 e. The van der Waals surface area contributed by atoms with E-state index in [1.165, 1.54) is 42.4 Å². The lowest BCUT2D eigenvalue weighted by atomic mass is 9.89. The van der Waals surface area contributed by atoms with E-state index < -0.39 is 0 Å². The summed E-state index contributed by atoms with van der Waals surface area (Å²) in [5.74, 6) is 2.05. The Hall–Kier alpha value is -2.00. The Morgan fingerprint density at radius 1 is 1.09 bits per heavy atom. The number of nitrogens with one attached hydrogen (secondary N) is 2. The van der Waals surface area contributed by atoms with E-state index in [-0.39, 0.29) is 43.2 Å². The van der Waals surface area contributed by atoms with Crippen molar-refractivity contribution in [2.24, 2.45) is 4.99 Å². The summed E-state index contributed by atoms with van der Waals surface area (Å²) in [4.78, 5) is 4.76. The Bertz CT molecular complexity index is 889. The fourth-order valence-electron chi connectivity index (χ4n) is 3.89. The minimum absolute atomic E-state index is 0. The Morgan fingerprint density at radius 2 is 1.88 bits per heavy atom. The van der Waals surface area contributed by atoms with Crippen molar-refractivity contribution >= 4 is 29.9 Å². The summed E-state index contributed by atoms with van der Waals surface area (Å²) in [5, 5.41) is 15.8. The van der Waals surface area contributed by atoms with E-state index in [9.17, 15) is 0 Å². The molecule has 0 amide bonds.